The second-order valence-electron chi connectivity index (χ2n) is 6.80. The van der Waals surface area contributed by atoms with E-state index in [4.69, 9.17) is 0 Å². The number of rotatable bonds is 3. The Kier molecular flexibility index (Phi) is 4.28. The predicted molar refractivity (Wildman–Crippen MR) is 89.3 cm³/mol. The van der Waals surface area contributed by atoms with E-state index in [9.17, 15) is 9.59 Å². The fourth-order valence-corrected chi connectivity index (χ4v) is 3.21. The summed E-state index contributed by atoms with van der Waals surface area (Å²) in [6.45, 7) is 6.85. The fourth-order valence-electron chi connectivity index (χ4n) is 3.21. The lowest BCUT2D eigenvalue weighted by Crippen LogP contribution is -2.53. The molecule has 1 aliphatic heterocycles. The first-order valence-electron chi connectivity index (χ1n) is 8.36. The number of hydrogen-bond acceptors (Lipinski definition) is 2. The maximum Gasteiger partial charge on any atom is 0.317 e. The van der Waals surface area contributed by atoms with E-state index in [2.05, 4.69) is 36.5 Å². The highest BCUT2D eigenvalue weighted by Crippen LogP contribution is 2.47. The van der Waals surface area contributed by atoms with Crippen LogP contribution in [0, 0.1) is 6.92 Å². The topological polar surface area (TPSA) is 52.7 Å². The molecule has 0 unspecified atom stereocenters. The first-order valence-corrected chi connectivity index (χ1v) is 8.36. The first-order chi connectivity index (χ1) is 11.0. The van der Waals surface area contributed by atoms with Crippen LogP contribution < -0.4 is 5.32 Å². The fraction of sp³-hybridized carbons (Fsp3) is 0.556. The highest BCUT2D eigenvalue weighted by molar-refractivity contribution is 5.76. The summed E-state index contributed by atoms with van der Waals surface area (Å²) in [6.07, 6.45) is 2.27. The van der Waals surface area contributed by atoms with Gasteiger partial charge in [-0.15, -0.1) is 0 Å². The summed E-state index contributed by atoms with van der Waals surface area (Å²) in [5.41, 5.74) is 2.71. The number of carbonyl (C=O) groups is 2. The third kappa shape index (κ3) is 3.49. The maximum atomic E-state index is 12.3. The minimum atomic E-state index is -0.00779. The second kappa shape index (κ2) is 6.22. The summed E-state index contributed by atoms with van der Waals surface area (Å²) in [5, 5.41) is 3.10. The van der Waals surface area contributed by atoms with Gasteiger partial charge in [-0.1, -0.05) is 29.8 Å². The molecule has 2 aliphatic rings. The average Bonchev–Trinajstić information content (AvgIpc) is 3.34. The Labute approximate surface area is 137 Å². The molecule has 0 aromatic heterocycles. The van der Waals surface area contributed by atoms with Gasteiger partial charge in [-0.05, 0) is 25.3 Å². The Hall–Kier alpha value is -2.04. The molecular weight excluding hydrogens is 290 g/mol. The molecule has 124 valence electrons. The molecule has 23 heavy (non-hydrogen) atoms. The van der Waals surface area contributed by atoms with Gasteiger partial charge in [0.2, 0.25) is 5.91 Å². The van der Waals surface area contributed by atoms with Crippen LogP contribution in [0.15, 0.2) is 24.3 Å². The smallest absolute Gasteiger partial charge is 0.317 e. The van der Waals surface area contributed by atoms with E-state index in [0.717, 1.165) is 12.8 Å². The zero-order chi connectivity index (χ0) is 16.4. The molecule has 0 atom stereocenters. The van der Waals surface area contributed by atoms with Crippen molar-refractivity contribution < 1.29 is 9.59 Å². The van der Waals surface area contributed by atoms with Crippen LogP contribution in [0.25, 0.3) is 0 Å². The number of nitrogens with zero attached hydrogens (tertiary/aromatic N) is 2. The van der Waals surface area contributed by atoms with Crippen LogP contribution in [0.1, 0.15) is 30.9 Å². The predicted octanol–water partition coefficient (Wildman–Crippen LogP) is 1.90. The van der Waals surface area contributed by atoms with Crippen LogP contribution >= 0.6 is 0 Å². The number of carbonyl (C=O) groups excluding carboxylic acids is 2. The van der Waals surface area contributed by atoms with Crippen molar-refractivity contribution in [1.29, 1.82) is 0 Å². The maximum absolute atomic E-state index is 12.3. The molecular formula is C18H25N3O2. The number of amides is 3. The summed E-state index contributed by atoms with van der Waals surface area (Å²) in [7, 11) is 0. The van der Waals surface area contributed by atoms with Crippen molar-refractivity contribution in [2.24, 2.45) is 0 Å². The Bertz CT molecular complexity index is 585. The molecule has 0 bridgehead atoms. The number of benzene rings is 1. The summed E-state index contributed by atoms with van der Waals surface area (Å²) >= 11 is 0. The van der Waals surface area contributed by atoms with E-state index < -0.39 is 0 Å². The average molecular weight is 315 g/mol. The highest BCUT2D eigenvalue weighted by atomic mass is 16.2. The van der Waals surface area contributed by atoms with Crippen LogP contribution in [-0.4, -0.2) is 54.5 Å². The van der Waals surface area contributed by atoms with Gasteiger partial charge in [0.25, 0.3) is 0 Å². The van der Waals surface area contributed by atoms with Gasteiger partial charge in [0.1, 0.15) is 0 Å². The van der Waals surface area contributed by atoms with Crippen molar-refractivity contribution in [3.8, 4) is 0 Å². The van der Waals surface area contributed by atoms with Crippen LogP contribution in [0.3, 0.4) is 0 Å². The molecule has 0 radical (unpaired) electrons. The summed E-state index contributed by atoms with van der Waals surface area (Å²) in [5.74, 6) is 0.0846. The third-order valence-corrected chi connectivity index (χ3v) is 5.11. The quantitative estimate of drug-likeness (QED) is 0.926. The van der Waals surface area contributed by atoms with Gasteiger partial charge >= 0.3 is 6.03 Å². The Balaban J connectivity index is 1.51. The van der Waals surface area contributed by atoms with Gasteiger partial charge in [-0.3, -0.25) is 4.79 Å². The Morgan fingerprint density at radius 2 is 1.61 bits per heavy atom. The molecule has 1 saturated carbocycles. The van der Waals surface area contributed by atoms with Gasteiger partial charge in [0, 0.05) is 45.1 Å². The van der Waals surface area contributed by atoms with E-state index >= 15 is 0 Å². The van der Waals surface area contributed by atoms with E-state index in [-0.39, 0.29) is 17.4 Å². The molecule has 5 heteroatoms. The van der Waals surface area contributed by atoms with Crippen molar-refractivity contribution in [2.75, 3.05) is 32.7 Å². The van der Waals surface area contributed by atoms with Crippen molar-refractivity contribution in [3.63, 3.8) is 0 Å². The van der Waals surface area contributed by atoms with E-state index in [1.165, 1.54) is 11.1 Å². The van der Waals surface area contributed by atoms with E-state index in [1.807, 2.05) is 4.90 Å². The molecule has 1 N–H and O–H groups in total. The number of urea groups is 1. The summed E-state index contributed by atoms with van der Waals surface area (Å²) in [6, 6.07) is 8.63. The molecule has 0 spiro atoms. The van der Waals surface area contributed by atoms with Gasteiger partial charge in [-0.2, -0.15) is 0 Å². The number of hydrogen-bond donors (Lipinski definition) is 1. The van der Waals surface area contributed by atoms with Crippen LogP contribution in [0.2, 0.25) is 0 Å². The minimum absolute atomic E-state index is 0.00779. The van der Waals surface area contributed by atoms with Crippen molar-refractivity contribution in [1.82, 2.24) is 15.1 Å². The van der Waals surface area contributed by atoms with Crippen molar-refractivity contribution in [3.05, 3.63) is 35.4 Å². The number of nitrogens with one attached hydrogen (secondary N) is 1. The summed E-state index contributed by atoms with van der Waals surface area (Å²) < 4.78 is 0. The lowest BCUT2D eigenvalue weighted by molar-refractivity contribution is -0.130. The van der Waals surface area contributed by atoms with Gasteiger partial charge in [0.05, 0.1) is 0 Å². The first kappa shape index (κ1) is 15.8. The number of aryl methyl sites for hydroxylation is 1. The molecule has 1 aliphatic carbocycles. The van der Waals surface area contributed by atoms with Crippen molar-refractivity contribution >= 4 is 11.9 Å². The van der Waals surface area contributed by atoms with E-state index in [0.29, 0.717) is 32.7 Å². The molecule has 2 fully saturated rings. The number of piperazine rings is 1. The lowest BCUT2D eigenvalue weighted by atomic mass is 9.95. The van der Waals surface area contributed by atoms with Crippen LogP contribution in [-0.2, 0) is 10.2 Å². The SMILES string of the molecule is CC(=O)N1CCN(C(=O)NCC2(c3ccc(C)cc3)CC2)CC1. The van der Waals surface area contributed by atoms with Crippen molar-refractivity contribution in [2.45, 2.75) is 32.1 Å². The molecule has 1 heterocycles. The van der Waals surface area contributed by atoms with Gasteiger partial charge < -0.3 is 15.1 Å². The minimum Gasteiger partial charge on any atom is -0.339 e. The zero-order valence-electron chi connectivity index (χ0n) is 14.0. The van der Waals surface area contributed by atoms with Crippen LogP contribution in [0.5, 0.6) is 0 Å². The molecule has 5 nitrogen and oxygen atoms in total. The van der Waals surface area contributed by atoms with E-state index in [1.54, 1.807) is 11.8 Å². The Morgan fingerprint density at radius 3 is 2.13 bits per heavy atom. The normalized spacial score (nSPS) is 19.4. The summed E-state index contributed by atoms with van der Waals surface area (Å²) in [4.78, 5) is 27.3. The largest absolute Gasteiger partial charge is 0.339 e. The molecule has 3 amide bonds. The second-order valence-corrected chi connectivity index (χ2v) is 6.80. The van der Waals surface area contributed by atoms with Crippen LogP contribution in [0.4, 0.5) is 4.79 Å². The molecule has 1 saturated heterocycles. The Morgan fingerprint density at radius 1 is 1.04 bits per heavy atom. The van der Waals surface area contributed by atoms with Gasteiger partial charge in [0.15, 0.2) is 0 Å². The molecule has 1 aromatic rings. The molecule has 3 rings (SSSR count). The monoisotopic (exact) mass is 315 g/mol. The van der Waals surface area contributed by atoms with Gasteiger partial charge in [-0.25, -0.2) is 4.79 Å². The lowest BCUT2D eigenvalue weighted by Gasteiger charge is -2.34. The highest BCUT2D eigenvalue weighted by Gasteiger charge is 2.44. The third-order valence-electron chi connectivity index (χ3n) is 5.11. The molecule has 1 aromatic carbocycles. The standard InChI is InChI=1S/C18H25N3O2/c1-14-3-5-16(6-4-14)18(7-8-18)13-19-17(23)21-11-9-20(10-12-21)15(2)22/h3-6H,7-13H2,1-2H3,(H,19,23). The zero-order valence-corrected chi connectivity index (χ0v) is 14.0.